The Labute approximate surface area is 153 Å². The predicted molar refractivity (Wildman–Crippen MR) is 99.4 cm³/mol. The molecule has 7 heteroatoms. The monoisotopic (exact) mass is 367 g/mol. The number of fused-ring (bicyclic) bond motifs is 1. The first-order valence-electron chi connectivity index (χ1n) is 7.90. The molecule has 0 aliphatic rings. The maximum atomic E-state index is 12.1. The fourth-order valence-electron chi connectivity index (χ4n) is 2.52. The van der Waals surface area contributed by atoms with Crippen LogP contribution in [0.5, 0.6) is 5.75 Å². The van der Waals surface area contributed by atoms with Crippen LogP contribution in [0.3, 0.4) is 0 Å². The molecule has 0 saturated heterocycles. The van der Waals surface area contributed by atoms with Crippen LogP contribution in [0.15, 0.2) is 65.3 Å². The highest BCUT2D eigenvalue weighted by Crippen LogP contribution is 2.24. The molecule has 130 valence electrons. The Morgan fingerprint density at radius 3 is 2.88 bits per heavy atom. The number of hydrogen-bond acceptors (Lipinski definition) is 4. The molecule has 0 radical (unpaired) electrons. The first-order chi connectivity index (χ1) is 12.7. The third-order valence-electron chi connectivity index (χ3n) is 3.72. The molecule has 2 aromatic carbocycles. The lowest BCUT2D eigenvalue weighted by Crippen LogP contribution is -2.20. The number of rotatable bonds is 5. The number of carbonyl (C=O) groups excluding carboxylic acids is 1. The van der Waals surface area contributed by atoms with E-state index in [9.17, 15) is 4.79 Å². The van der Waals surface area contributed by atoms with Crippen LogP contribution < -0.4 is 10.1 Å². The van der Waals surface area contributed by atoms with E-state index in [1.165, 1.54) is 0 Å². The van der Waals surface area contributed by atoms with Crippen molar-refractivity contribution >= 4 is 34.2 Å². The summed E-state index contributed by atoms with van der Waals surface area (Å²) in [7, 11) is 0. The molecule has 0 aliphatic heterocycles. The summed E-state index contributed by atoms with van der Waals surface area (Å²) >= 11 is 6.00. The van der Waals surface area contributed by atoms with Gasteiger partial charge in [0.1, 0.15) is 5.75 Å². The minimum absolute atomic E-state index is 0.137. The molecule has 0 spiro atoms. The molecule has 6 nitrogen and oxygen atoms in total. The Balaban J connectivity index is 1.45. The van der Waals surface area contributed by atoms with E-state index in [1.807, 2.05) is 18.2 Å². The molecule has 2 aromatic heterocycles. The van der Waals surface area contributed by atoms with E-state index >= 15 is 0 Å². The Morgan fingerprint density at radius 1 is 1.19 bits per heavy atom. The van der Waals surface area contributed by atoms with Crippen LogP contribution in [0.2, 0.25) is 5.02 Å². The molecule has 0 bridgehead atoms. The molecule has 0 saturated carbocycles. The number of ether oxygens (including phenoxy) is 1. The second kappa shape index (κ2) is 6.93. The summed E-state index contributed by atoms with van der Waals surface area (Å²) < 4.78 is 10.8. The standard InChI is InChI=1S/C19H14ClN3O3/c20-13-4-1-2-5-16(13)26-11-18(24)21-12-7-8-14-15(10-12)23-19(22-14)17-6-3-9-25-17/h1-10H,11H2,(H,21,24)(H,22,23). The summed E-state index contributed by atoms with van der Waals surface area (Å²) in [6, 6.07) is 16.0. The third-order valence-corrected chi connectivity index (χ3v) is 4.03. The fourth-order valence-corrected chi connectivity index (χ4v) is 2.71. The minimum Gasteiger partial charge on any atom is -0.482 e. The van der Waals surface area contributed by atoms with E-state index in [0.717, 1.165) is 11.0 Å². The van der Waals surface area contributed by atoms with Gasteiger partial charge in [0.05, 0.1) is 22.3 Å². The molecule has 2 N–H and O–H groups in total. The van der Waals surface area contributed by atoms with Gasteiger partial charge in [0.2, 0.25) is 0 Å². The fraction of sp³-hybridized carbons (Fsp3) is 0.0526. The third kappa shape index (κ3) is 3.41. The van der Waals surface area contributed by atoms with Gasteiger partial charge in [-0.05, 0) is 42.5 Å². The van der Waals surface area contributed by atoms with Gasteiger partial charge in [-0.15, -0.1) is 0 Å². The molecule has 0 atom stereocenters. The molecule has 0 aliphatic carbocycles. The summed E-state index contributed by atoms with van der Waals surface area (Å²) in [6.45, 7) is -0.137. The van der Waals surface area contributed by atoms with Gasteiger partial charge in [0.25, 0.3) is 5.91 Å². The molecule has 2 heterocycles. The minimum atomic E-state index is -0.282. The Bertz CT molecular complexity index is 1060. The van der Waals surface area contributed by atoms with Crippen molar-refractivity contribution in [2.24, 2.45) is 0 Å². The van der Waals surface area contributed by atoms with Crippen LogP contribution in [0.25, 0.3) is 22.6 Å². The summed E-state index contributed by atoms with van der Waals surface area (Å²) in [5.41, 5.74) is 2.21. The summed E-state index contributed by atoms with van der Waals surface area (Å²) in [4.78, 5) is 19.7. The number of imidazole rings is 1. The average Bonchev–Trinajstić information content (AvgIpc) is 3.30. The lowest BCUT2D eigenvalue weighted by Gasteiger charge is -2.08. The van der Waals surface area contributed by atoms with E-state index in [1.54, 1.807) is 42.7 Å². The lowest BCUT2D eigenvalue weighted by molar-refractivity contribution is -0.118. The van der Waals surface area contributed by atoms with Gasteiger partial charge < -0.3 is 19.5 Å². The highest BCUT2D eigenvalue weighted by molar-refractivity contribution is 6.32. The average molecular weight is 368 g/mol. The number of H-pyrrole nitrogens is 1. The number of aromatic amines is 1. The summed E-state index contributed by atoms with van der Waals surface area (Å²) in [5, 5.41) is 3.25. The summed E-state index contributed by atoms with van der Waals surface area (Å²) in [6.07, 6.45) is 1.59. The number of carbonyl (C=O) groups is 1. The smallest absolute Gasteiger partial charge is 0.262 e. The zero-order valence-electron chi connectivity index (χ0n) is 13.5. The second-order valence-electron chi connectivity index (χ2n) is 5.56. The van der Waals surface area contributed by atoms with Crippen molar-refractivity contribution in [3.63, 3.8) is 0 Å². The SMILES string of the molecule is O=C(COc1ccccc1Cl)Nc1ccc2nc(-c3ccco3)[nH]c2c1. The molecular formula is C19H14ClN3O3. The van der Waals surface area contributed by atoms with E-state index < -0.39 is 0 Å². The Morgan fingerprint density at radius 2 is 2.08 bits per heavy atom. The van der Waals surface area contributed by atoms with Crippen molar-refractivity contribution in [1.82, 2.24) is 9.97 Å². The summed E-state index contributed by atoms with van der Waals surface area (Å²) in [5.74, 6) is 1.47. The van der Waals surface area contributed by atoms with Crippen molar-refractivity contribution in [2.75, 3.05) is 11.9 Å². The van der Waals surface area contributed by atoms with E-state index in [0.29, 0.717) is 28.0 Å². The zero-order valence-corrected chi connectivity index (χ0v) is 14.3. The number of nitrogens with zero attached hydrogens (tertiary/aromatic N) is 1. The maximum Gasteiger partial charge on any atom is 0.262 e. The Kier molecular flexibility index (Phi) is 4.33. The van der Waals surface area contributed by atoms with Crippen molar-refractivity contribution in [3.8, 4) is 17.3 Å². The van der Waals surface area contributed by atoms with E-state index in [2.05, 4.69) is 15.3 Å². The van der Waals surface area contributed by atoms with E-state index in [4.69, 9.17) is 20.8 Å². The van der Waals surface area contributed by atoms with Crippen LogP contribution in [-0.4, -0.2) is 22.5 Å². The topological polar surface area (TPSA) is 80.2 Å². The number of halogens is 1. The van der Waals surface area contributed by atoms with Crippen LogP contribution >= 0.6 is 11.6 Å². The number of furan rings is 1. The first kappa shape index (κ1) is 16.2. The van der Waals surface area contributed by atoms with Crippen LogP contribution in [0.1, 0.15) is 0 Å². The van der Waals surface area contributed by atoms with Gasteiger partial charge in [0, 0.05) is 5.69 Å². The van der Waals surface area contributed by atoms with Gasteiger partial charge in [0.15, 0.2) is 18.2 Å². The van der Waals surface area contributed by atoms with Crippen LogP contribution in [0.4, 0.5) is 5.69 Å². The number of benzene rings is 2. The molecule has 26 heavy (non-hydrogen) atoms. The molecule has 0 unspecified atom stereocenters. The largest absolute Gasteiger partial charge is 0.482 e. The highest BCUT2D eigenvalue weighted by atomic mass is 35.5. The maximum absolute atomic E-state index is 12.1. The molecule has 4 rings (SSSR count). The molecule has 1 amide bonds. The van der Waals surface area contributed by atoms with Gasteiger partial charge in [-0.25, -0.2) is 4.98 Å². The number of hydrogen-bond donors (Lipinski definition) is 2. The lowest BCUT2D eigenvalue weighted by atomic mass is 10.3. The molecular weight excluding hydrogens is 354 g/mol. The van der Waals surface area contributed by atoms with E-state index in [-0.39, 0.29) is 12.5 Å². The number of para-hydroxylation sites is 1. The highest BCUT2D eigenvalue weighted by Gasteiger charge is 2.10. The molecule has 0 fully saturated rings. The normalized spacial score (nSPS) is 10.8. The van der Waals surface area contributed by atoms with Gasteiger partial charge in [-0.1, -0.05) is 23.7 Å². The quantitative estimate of drug-likeness (QED) is 0.544. The number of aromatic nitrogens is 2. The number of amides is 1. The number of nitrogens with one attached hydrogen (secondary N) is 2. The van der Waals surface area contributed by atoms with Crippen LogP contribution in [0, 0.1) is 0 Å². The van der Waals surface area contributed by atoms with Gasteiger partial charge in [-0.2, -0.15) is 0 Å². The predicted octanol–water partition coefficient (Wildman–Crippen LogP) is 4.49. The van der Waals surface area contributed by atoms with Crippen LogP contribution in [-0.2, 0) is 4.79 Å². The van der Waals surface area contributed by atoms with Gasteiger partial charge >= 0.3 is 0 Å². The van der Waals surface area contributed by atoms with Crippen molar-refractivity contribution in [3.05, 3.63) is 65.9 Å². The number of anilines is 1. The molecule has 4 aromatic rings. The van der Waals surface area contributed by atoms with Crippen molar-refractivity contribution in [2.45, 2.75) is 0 Å². The zero-order chi connectivity index (χ0) is 17.9. The first-order valence-corrected chi connectivity index (χ1v) is 8.28. The Hall–Kier alpha value is -3.25. The van der Waals surface area contributed by atoms with Crippen molar-refractivity contribution < 1.29 is 13.9 Å². The van der Waals surface area contributed by atoms with Crippen molar-refractivity contribution in [1.29, 1.82) is 0 Å². The second-order valence-corrected chi connectivity index (χ2v) is 5.97. The van der Waals surface area contributed by atoms with Gasteiger partial charge in [-0.3, -0.25) is 4.79 Å².